The molecule has 0 saturated heterocycles. The van der Waals surface area contributed by atoms with Crippen molar-refractivity contribution in [3.63, 3.8) is 0 Å². The van der Waals surface area contributed by atoms with Crippen LogP contribution in [0.3, 0.4) is 0 Å². The van der Waals surface area contributed by atoms with E-state index in [-0.39, 0.29) is 10.8 Å². The van der Waals surface area contributed by atoms with E-state index in [0.29, 0.717) is 21.8 Å². The molecule has 5 fully saturated rings. The normalized spacial score (nSPS) is 47.8. The summed E-state index contributed by atoms with van der Waals surface area (Å²) in [4.78, 5) is 0. The number of hydrogen-bond acceptors (Lipinski definition) is 2. The molecular weight excluding hydrogens is 544 g/mol. The molecule has 0 aromatic heterocycles. The fourth-order valence-electron chi connectivity index (χ4n) is 14.4. The van der Waals surface area contributed by atoms with Crippen molar-refractivity contribution < 1.29 is 0 Å². The summed E-state index contributed by atoms with van der Waals surface area (Å²) in [6.45, 7) is 28.7. The minimum absolute atomic E-state index is 0.183. The van der Waals surface area contributed by atoms with Gasteiger partial charge in [-0.15, -0.1) is 6.58 Å². The number of rotatable bonds is 9. The molecule has 0 aromatic rings. The molecule has 6 unspecified atom stereocenters. The molecule has 2 nitrogen and oxygen atoms in total. The standard InChI is InChI=1S/C43H68N2/c1-10-24-45(25-11-2)44-43-20-13-14-36(43)35-16-15-34-33(39(35,8)22-23-43)17-18-37-38(6,7)32(19-21-40(34,37)9)31-26-41(27-31)28-42(12-3,29-41)30(4)5/h12,19,26,33-37,44H,3-4,10-11,13-18,20-25,27-29H2,1-2,5-9H3/t33-,34?,35?,36?,37?,39+,40?,41?,42?,43?/m1/s1. The highest BCUT2D eigenvalue weighted by Crippen LogP contribution is 2.73. The average Bonchev–Trinajstić information content (AvgIpc) is 3.36. The van der Waals surface area contributed by atoms with Gasteiger partial charge in [0.05, 0.1) is 0 Å². The van der Waals surface area contributed by atoms with Gasteiger partial charge < -0.3 is 0 Å². The third-order valence-electron chi connectivity index (χ3n) is 16.4. The van der Waals surface area contributed by atoms with Gasteiger partial charge in [-0.1, -0.05) is 78.3 Å². The molecule has 7 aliphatic carbocycles. The van der Waals surface area contributed by atoms with Gasteiger partial charge in [0.15, 0.2) is 0 Å². The Balaban J connectivity index is 1.10. The highest BCUT2D eigenvalue weighted by atomic mass is 15.5. The Morgan fingerprint density at radius 3 is 2.13 bits per heavy atom. The van der Waals surface area contributed by atoms with Gasteiger partial charge in [0, 0.05) is 24.0 Å². The molecule has 1 spiro atoms. The third kappa shape index (κ3) is 4.60. The largest absolute Gasteiger partial charge is 0.249 e. The van der Waals surface area contributed by atoms with Gasteiger partial charge in [0.2, 0.25) is 0 Å². The average molecular weight is 613 g/mol. The molecule has 7 aliphatic rings. The maximum absolute atomic E-state index is 4.33. The minimum atomic E-state index is 0.183. The SMILES string of the molecule is C=CC1(C(=C)C)CC2(C=C(C3=CCC4(C)C5CCC6C7CCCC7(NN(CCC)CCC)CC[C@@]6(C)[C@@H]5CCC4C3(C)C)C2)C1. The van der Waals surface area contributed by atoms with E-state index in [1.807, 2.05) is 0 Å². The fraction of sp³-hybridized carbons (Fsp3) is 0.814. The summed E-state index contributed by atoms with van der Waals surface area (Å²) in [5.74, 6) is 4.41. The Bertz CT molecular complexity index is 1250. The van der Waals surface area contributed by atoms with E-state index < -0.39 is 0 Å². The first kappa shape index (κ1) is 32.4. The third-order valence-corrected chi connectivity index (χ3v) is 16.4. The van der Waals surface area contributed by atoms with Gasteiger partial charge in [-0.3, -0.25) is 0 Å². The lowest BCUT2D eigenvalue weighted by atomic mass is 9.37. The lowest BCUT2D eigenvalue weighted by molar-refractivity contribution is -0.171. The van der Waals surface area contributed by atoms with Gasteiger partial charge in [0.25, 0.3) is 0 Å². The van der Waals surface area contributed by atoms with Crippen LogP contribution in [0.5, 0.6) is 0 Å². The van der Waals surface area contributed by atoms with Crippen molar-refractivity contribution in [2.75, 3.05) is 13.1 Å². The minimum Gasteiger partial charge on any atom is -0.249 e. The summed E-state index contributed by atoms with van der Waals surface area (Å²) >= 11 is 0. The van der Waals surface area contributed by atoms with Crippen molar-refractivity contribution in [2.24, 2.45) is 56.7 Å². The zero-order valence-corrected chi connectivity index (χ0v) is 30.5. The number of allylic oxidation sites excluding steroid dienone is 6. The summed E-state index contributed by atoms with van der Waals surface area (Å²) < 4.78 is 0. The van der Waals surface area contributed by atoms with Crippen LogP contribution in [0.15, 0.2) is 48.1 Å². The Hall–Kier alpha value is -1.12. The van der Waals surface area contributed by atoms with E-state index >= 15 is 0 Å². The van der Waals surface area contributed by atoms with Gasteiger partial charge >= 0.3 is 0 Å². The second-order valence-corrected chi connectivity index (χ2v) is 19.0. The van der Waals surface area contributed by atoms with Gasteiger partial charge in [-0.25, -0.2) is 10.4 Å². The Kier molecular flexibility index (Phi) is 7.89. The number of fused-ring (bicyclic) bond motifs is 7. The second-order valence-electron chi connectivity index (χ2n) is 19.0. The van der Waals surface area contributed by atoms with Crippen LogP contribution < -0.4 is 5.43 Å². The maximum Gasteiger partial charge on any atom is 0.0357 e. The van der Waals surface area contributed by atoms with Crippen molar-refractivity contribution >= 4 is 0 Å². The quantitative estimate of drug-likeness (QED) is 0.206. The molecule has 7 rings (SSSR count). The monoisotopic (exact) mass is 613 g/mol. The van der Waals surface area contributed by atoms with Crippen LogP contribution in [-0.2, 0) is 0 Å². The van der Waals surface area contributed by atoms with E-state index in [4.69, 9.17) is 0 Å². The van der Waals surface area contributed by atoms with Crippen molar-refractivity contribution in [3.8, 4) is 0 Å². The van der Waals surface area contributed by atoms with Gasteiger partial charge in [0.1, 0.15) is 0 Å². The van der Waals surface area contributed by atoms with E-state index in [1.165, 1.54) is 115 Å². The number of nitrogens with zero attached hydrogens (tertiary/aromatic N) is 1. The molecule has 0 aliphatic heterocycles. The highest BCUT2D eigenvalue weighted by Gasteiger charge is 2.66. The summed E-state index contributed by atoms with van der Waals surface area (Å²) in [5, 5.41) is 2.63. The number of hydrazine groups is 1. The molecule has 1 N–H and O–H groups in total. The molecule has 0 radical (unpaired) electrons. The van der Waals surface area contributed by atoms with E-state index in [9.17, 15) is 0 Å². The first-order valence-electron chi connectivity index (χ1n) is 19.6. The molecule has 0 bridgehead atoms. The molecule has 8 atom stereocenters. The Morgan fingerprint density at radius 2 is 1.51 bits per heavy atom. The summed E-state index contributed by atoms with van der Waals surface area (Å²) in [6.07, 6.45) is 28.2. The molecule has 0 aromatic carbocycles. The Morgan fingerprint density at radius 1 is 0.889 bits per heavy atom. The van der Waals surface area contributed by atoms with Crippen LogP contribution in [0.1, 0.15) is 145 Å². The zero-order chi connectivity index (χ0) is 32.0. The fourth-order valence-corrected chi connectivity index (χ4v) is 14.4. The molecule has 45 heavy (non-hydrogen) atoms. The maximum atomic E-state index is 4.33. The summed E-state index contributed by atoms with van der Waals surface area (Å²) in [6, 6.07) is 0. The van der Waals surface area contributed by atoms with Crippen LogP contribution in [0.25, 0.3) is 0 Å². The smallest absolute Gasteiger partial charge is 0.0357 e. The molecule has 250 valence electrons. The predicted octanol–water partition coefficient (Wildman–Crippen LogP) is 11.2. The number of hydrogen-bond donors (Lipinski definition) is 1. The van der Waals surface area contributed by atoms with Gasteiger partial charge in [-0.2, -0.15) is 0 Å². The van der Waals surface area contributed by atoms with Crippen molar-refractivity contribution in [1.82, 2.24) is 10.4 Å². The Labute approximate surface area is 278 Å². The van der Waals surface area contributed by atoms with E-state index in [2.05, 4.69) is 90.3 Å². The summed E-state index contributed by atoms with van der Waals surface area (Å²) in [7, 11) is 0. The molecule has 2 heteroatoms. The lowest BCUT2D eigenvalue weighted by Gasteiger charge is -2.68. The van der Waals surface area contributed by atoms with Crippen molar-refractivity contribution in [1.29, 1.82) is 0 Å². The van der Waals surface area contributed by atoms with E-state index in [1.54, 1.807) is 11.1 Å². The van der Waals surface area contributed by atoms with E-state index in [0.717, 1.165) is 29.6 Å². The molecular formula is C43H68N2. The highest BCUT2D eigenvalue weighted by molar-refractivity contribution is 5.49. The molecule has 5 saturated carbocycles. The van der Waals surface area contributed by atoms with Crippen LogP contribution in [0.2, 0.25) is 0 Å². The van der Waals surface area contributed by atoms with Crippen LogP contribution >= 0.6 is 0 Å². The van der Waals surface area contributed by atoms with Crippen molar-refractivity contribution in [3.05, 3.63) is 48.1 Å². The first-order valence-corrected chi connectivity index (χ1v) is 19.6. The number of nitrogens with one attached hydrogen (secondary N) is 1. The molecule has 0 amide bonds. The second kappa shape index (κ2) is 10.9. The van der Waals surface area contributed by atoms with Crippen LogP contribution in [0.4, 0.5) is 0 Å². The van der Waals surface area contributed by atoms with Crippen LogP contribution in [-0.4, -0.2) is 23.6 Å². The van der Waals surface area contributed by atoms with Crippen molar-refractivity contribution in [2.45, 2.75) is 150 Å². The predicted molar refractivity (Wildman–Crippen MR) is 192 cm³/mol. The molecule has 0 heterocycles. The summed E-state index contributed by atoms with van der Waals surface area (Å²) in [5.41, 5.74) is 11.2. The van der Waals surface area contributed by atoms with Crippen LogP contribution in [0, 0.1) is 56.7 Å². The topological polar surface area (TPSA) is 15.3 Å². The van der Waals surface area contributed by atoms with Gasteiger partial charge in [-0.05, 0) is 159 Å². The zero-order valence-electron chi connectivity index (χ0n) is 30.5. The lowest BCUT2D eigenvalue weighted by Crippen LogP contribution is -2.66. The first-order chi connectivity index (χ1) is 21.3.